The molecule has 1 heterocycles. The van der Waals surface area contributed by atoms with E-state index in [9.17, 15) is 34.2 Å². The number of fused-ring (bicyclic) bond motifs is 1. The summed E-state index contributed by atoms with van der Waals surface area (Å²) in [4.78, 5) is 64.9. The summed E-state index contributed by atoms with van der Waals surface area (Å²) in [7, 11) is 0. The van der Waals surface area contributed by atoms with E-state index in [0.717, 1.165) is 10.9 Å². The summed E-state index contributed by atoms with van der Waals surface area (Å²) in [5.41, 5.74) is 12.7. The molecule has 0 aliphatic rings. The number of nitrogens with one attached hydrogen (secondary N) is 4. The van der Waals surface area contributed by atoms with Crippen molar-refractivity contribution in [2.24, 2.45) is 11.5 Å². The van der Waals surface area contributed by atoms with Gasteiger partial charge in [0.25, 0.3) is 0 Å². The smallest absolute Gasteiger partial charge is 0.326 e. The Hall–Kier alpha value is -4.91. The number of aromatic amines is 1. The van der Waals surface area contributed by atoms with Gasteiger partial charge in [0.2, 0.25) is 23.6 Å². The normalized spacial score (nSPS) is 13.2. The molecule has 13 heteroatoms. The Morgan fingerprint density at radius 1 is 0.846 bits per heavy atom. The number of benzene rings is 2. The first-order valence-corrected chi connectivity index (χ1v) is 12.0. The van der Waals surface area contributed by atoms with Crippen molar-refractivity contribution >= 4 is 40.5 Å². The number of carboxylic acid groups (broad SMARTS) is 1. The number of aromatic nitrogens is 1. The quantitative estimate of drug-likeness (QED) is 0.135. The van der Waals surface area contributed by atoms with E-state index in [2.05, 4.69) is 20.9 Å². The molecule has 0 aliphatic carbocycles. The predicted molar refractivity (Wildman–Crippen MR) is 140 cm³/mol. The maximum Gasteiger partial charge on any atom is 0.326 e. The molecular formula is C26H30N6O7. The lowest BCUT2D eigenvalue weighted by atomic mass is 10.0. The zero-order chi connectivity index (χ0) is 28.5. The summed E-state index contributed by atoms with van der Waals surface area (Å²) in [5, 5.41) is 27.1. The Kier molecular flexibility index (Phi) is 9.59. The van der Waals surface area contributed by atoms with Gasteiger partial charge in [-0.25, -0.2) is 4.79 Å². The molecule has 3 aromatic rings. The minimum atomic E-state index is -1.52. The van der Waals surface area contributed by atoms with Crippen LogP contribution in [0.1, 0.15) is 17.5 Å². The number of aliphatic carboxylic acids is 1. The number of carboxylic acids is 1. The van der Waals surface area contributed by atoms with E-state index < -0.39 is 54.1 Å². The summed E-state index contributed by atoms with van der Waals surface area (Å²) in [6.45, 7) is -0.388. The van der Waals surface area contributed by atoms with E-state index in [4.69, 9.17) is 11.5 Å². The summed E-state index contributed by atoms with van der Waals surface area (Å²) in [5.74, 6) is -4.65. The van der Waals surface area contributed by atoms with Crippen LogP contribution in [0.2, 0.25) is 0 Å². The molecule has 4 amide bonds. The first-order valence-electron chi connectivity index (χ1n) is 12.0. The first kappa shape index (κ1) is 28.7. The predicted octanol–water partition coefficient (Wildman–Crippen LogP) is -0.968. The fourth-order valence-corrected chi connectivity index (χ4v) is 4.01. The Balaban J connectivity index is 1.78. The summed E-state index contributed by atoms with van der Waals surface area (Å²) >= 11 is 0. The number of aromatic hydroxyl groups is 1. The van der Waals surface area contributed by atoms with Crippen molar-refractivity contribution < 1.29 is 34.2 Å². The monoisotopic (exact) mass is 538 g/mol. The number of nitrogens with two attached hydrogens (primary N) is 2. The number of para-hydroxylation sites is 1. The van der Waals surface area contributed by atoms with Gasteiger partial charge in [0.15, 0.2) is 0 Å². The number of rotatable bonds is 13. The molecule has 0 spiro atoms. The van der Waals surface area contributed by atoms with Crippen molar-refractivity contribution in [1.29, 1.82) is 0 Å². The summed E-state index contributed by atoms with van der Waals surface area (Å²) in [6, 6.07) is 8.97. The molecule has 1 aromatic heterocycles. The van der Waals surface area contributed by atoms with Crippen molar-refractivity contribution in [1.82, 2.24) is 20.9 Å². The van der Waals surface area contributed by atoms with Crippen molar-refractivity contribution in [3.8, 4) is 5.75 Å². The zero-order valence-electron chi connectivity index (χ0n) is 20.8. The molecule has 3 unspecified atom stereocenters. The average molecular weight is 539 g/mol. The van der Waals surface area contributed by atoms with Gasteiger partial charge >= 0.3 is 5.97 Å². The zero-order valence-corrected chi connectivity index (χ0v) is 20.8. The first-order chi connectivity index (χ1) is 18.6. The highest BCUT2D eigenvalue weighted by Crippen LogP contribution is 2.19. The van der Waals surface area contributed by atoms with Gasteiger partial charge in [-0.05, 0) is 29.3 Å². The fourth-order valence-electron chi connectivity index (χ4n) is 4.01. The van der Waals surface area contributed by atoms with Crippen LogP contribution in [0.25, 0.3) is 10.9 Å². The van der Waals surface area contributed by atoms with Crippen LogP contribution in [0, 0.1) is 0 Å². The van der Waals surface area contributed by atoms with Gasteiger partial charge in [-0.15, -0.1) is 0 Å². The summed E-state index contributed by atoms with van der Waals surface area (Å²) in [6.07, 6.45) is 0.973. The Morgan fingerprint density at radius 3 is 2.13 bits per heavy atom. The molecule has 10 N–H and O–H groups in total. The molecule has 3 atom stereocenters. The molecule has 0 bridgehead atoms. The van der Waals surface area contributed by atoms with Gasteiger partial charge in [-0.1, -0.05) is 30.3 Å². The van der Waals surface area contributed by atoms with Crippen LogP contribution in [-0.2, 0) is 36.8 Å². The van der Waals surface area contributed by atoms with Crippen LogP contribution in [-0.4, -0.2) is 69.5 Å². The number of hydrogen-bond acceptors (Lipinski definition) is 7. The van der Waals surface area contributed by atoms with E-state index >= 15 is 0 Å². The lowest BCUT2D eigenvalue weighted by Crippen LogP contribution is -2.57. The molecule has 0 saturated heterocycles. The van der Waals surface area contributed by atoms with Gasteiger partial charge in [-0.2, -0.15) is 0 Å². The van der Waals surface area contributed by atoms with Crippen molar-refractivity contribution in [3.05, 3.63) is 65.9 Å². The second-order valence-corrected chi connectivity index (χ2v) is 8.89. The van der Waals surface area contributed by atoms with Crippen LogP contribution in [0.15, 0.2) is 54.7 Å². The van der Waals surface area contributed by atoms with E-state index in [0.29, 0.717) is 11.1 Å². The minimum absolute atomic E-state index is 0.0113. The number of primary amides is 1. The molecule has 0 aliphatic heterocycles. The molecule has 3 rings (SSSR count). The SMILES string of the molecule is NCC(=O)NC(Cc1c[nH]c2ccccc12)C(=O)NC(CC(N)=O)C(=O)NC(Cc1ccc(O)cc1)C(=O)O. The van der Waals surface area contributed by atoms with Crippen molar-refractivity contribution in [2.45, 2.75) is 37.4 Å². The van der Waals surface area contributed by atoms with Gasteiger partial charge in [0.1, 0.15) is 23.9 Å². The standard InChI is InChI=1S/C26H30N6O7/c27-12-23(35)30-19(10-15-13-29-18-4-2-1-3-17(15)18)24(36)31-20(11-22(28)34)25(37)32-21(26(38)39)9-14-5-7-16(33)8-6-14/h1-8,13,19-21,29,33H,9-12,27H2,(H2,28,34)(H,30,35)(H,31,36)(H,32,37)(H,38,39). The van der Waals surface area contributed by atoms with Gasteiger partial charge < -0.3 is 42.6 Å². The third kappa shape index (κ3) is 8.04. The Labute approximate surface area is 222 Å². The van der Waals surface area contributed by atoms with Crippen molar-refractivity contribution in [2.75, 3.05) is 6.54 Å². The molecule has 13 nitrogen and oxygen atoms in total. The molecule has 206 valence electrons. The second kappa shape index (κ2) is 13.1. The maximum absolute atomic E-state index is 13.2. The maximum atomic E-state index is 13.2. The van der Waals surface area contributed by atoms with Gasteiger partial charge in [0.05, 0.1) is 13.0 Å². The topological polar surface area (TPSA) is 230 Å². The van der Waals surface area contributed by atoms with Crippen LogP contribution in [0.4, 0.5) is 0 Å². The van der Waals surface area contributed by atoms with Crippen LogP contribution in [0.3, 0.4) is 0 Å². The number of phenolic OH excluding ortho intramolecular Hbond substituents is 1. The number of H-pyrrole nitrogens is 1. The summed E-state index contributed by atoms with van der Waals surface area (Å²) < 4.78 is 0. The highest BCUT2D eigenvalue weighted by molar-refractivity contribution is 5.96. The van der Waals surface area contributed by atoms with Gasteiger partial charge in [0, 0.05) is 29.9 Å². The molecule has 0 fully saturated rings. The number of carbonyl (C=O) groups excluding carboxylic acids is 4. The van der Waals surface area contributed by atoms with Crippen LogP contribution >= 0.6 is 0 Å². The van der Waals surface area contributed by atoms with E-state index in [1.165, 1.54) is 24.3 Å². The van der Waals surface area contributed by atoms with Crippen LogP contribution < -0.4 is 27.4 Å². The third-order valence-corrected chi connectivity index (χ3v) is 5.97. The second-order valence-electron chi connectivity index (χ2n) is 8.89. The van der Waals surface area contributed by atoms with Crippen molar-refractivity contribution in [3.63, 3.8) is 0 Å². The molecule has 0 radical (unpaired) electrons. The van der Waals surface area contributed by atoms with E-state index in [1.54, 1.807) is 6.20 Å². The highest BCUT2D eigenvalue weighted by Gasteiger charge is 2.31. The molecule has 2 aromatic carbocycles. The molecule has 0 saturated carbocycles. The number of phenols is 1. The lowest BCUT2D eigenvalue weighted by molar-refractivity contribution is -0.142. The molecule has 39 heavy (non-hydrogen) atoms. The third-order valence-electron chi connectivity index (χ3n) is 5.97. The van der Waals surface area contributed by atoms with E-state index in [-0.39, 0.29) is 25.1 Å². The number of hydrogen-bond donors (Lipinski definition) is 8. The lowest BCUT2D eigenvalue weighted by Gasteiger charge is -2.24. The van der Waals surface area contributed by atoms with Gasteiger partial charge in [-0.3, -0.25) is 19.2 Å². The average Bonchev–Trinajstić information content (AvgIpc) is 3.30. The number of amides is 4. The highest BCUT2D eigenvalue weighted by atomic mass is 16.4. The fraction of sp³-hybridized carbons (Fsp3) is 0.269. The van der Waals surface area contributed by atoms with Crippen LogP contribution in [0.5, 0.6) is 5.75 Å². The molecular weight excluding hydrogens is 508 g/mol. The van der Waals surface area contributed by atoms with E-state index in [1.807, 2.05) is 24.3 Å². The Morgan fingerprint density at radius 2 is 1.49 bits per heavy atom. The number of carbonyl (C=O) groups is 5. The Bertz CT molecular complexity index is 1350. The minimum Gasteiger partial charge on any atom is -0.508 e. The largest absolute Gasteiger partial charge is 0.508 e.